The summed E-state index contributed by atoms with van der Waals surface area (Å²) in [7, 11) is 1.55. The number of ketones is 1. The van der Waals surface area contributed by atoms with Crippen LogP contribution in [-0.4, -0.2) is 53.6 Å². The molecule has 2 heterocycles. The third-order valence-corrected chi connectivity index (χ3v) is 7.01. The molecule has 9 nitrogen and oxygen atoms in total. The lowest BCUT2D eigenvalue weighted by Gasteiger charge is -2.24. The number of Topliss-reactive ketones (excluding diaryl/α,β-unsaturated/α-hetero) is 1. The summed E-state index contributed by atoms with van der Waals surface area (Å²) in [5, 5.41) is 5.30. The minimum absolute atomic E-state index is 0.0595. The summed E-state index contributed by atoms with van der Waals surface area (Å²) in [4.78, 5) is 58.7. The van der Waals surface area contributed by atoms with Crippen molar-refractivity contribution in [1.82, 2.24) is 9.88 Å². The zero-order valence-corrected chi connectivity index (χ0v) is 21.8. The van der Waals surface area contributed by atoms with Crippen LogP contribution in [0, 0.1) is 0 Å². The van der Waals surface area contributed by atoms with Gasteiger partial charge in [-0.3, -0.25) is 24.1 Å². The number of aromatic nitrogens is 1. The summed E-state index contributed by atoms with van der Waals surface area (Å²) in [6.45, 7) is -0.596. The molecule has 39 heavy (non-hydrogen) atoms. The fourth-order valence-electron chi connectivity index (χ4n) is 4.21. The Kier molecular flexibility index (Phi) is 7.46. The zero-order chi connectivity index (χ0) is 27.4. The van der Waals surface area contributed by atoms with Crippen LogP contribution in [0.3, 0.4) is 0 Å². The standard InChI is InChI=1S/C29H24N4O5S/c1-38-21-13-11-20(12-14-21)30-25(34)15-32(16-26-31-23(18-39-26)19-7-3-2-4-8-19)27(35)17-33-24-10-6-5-9-22(24)28(36)29(33)37/h2-14,18H,15-17H2,1H3,(H,30,34). The van der Waals surface area contributed by atoms with Crippen molar-refractivity contribution in [3.05, 3.63) is 94.8 Å². The molecule has 1 aromatic heterocycles. The van der Waals surface area contributed by atoms with Gasteiger partial charge in [-0.15, -0.1) is 11.3 Å². The van der Waals surface area contributed by atoms with Gasteiger partial charge in [-0.25, -0.2) is 4.98 Å². The molecule has 0 spiro atoms. The number of amides is 3. The number of para-hydroxylation sites is 1. The molecule has 3 amide bonds. The molecule has 196 valence electrons. The van der Waals surface area contributed by atoms with Gasteiger partial charge in [-0.1, -0.05) is 42.5 Å². The molecule has 0 aliphatic carbocycles. The maximum absolute atomic E-state index is 13.5. The van der Waals surface area contributed by atoms with Crippen LogP contribution in [0.5, 0.6) is 5.75 Å². The number of ether oxygens (including phenoxy) is 1. The molecule has 1 aliphatic heterocycles. The topological polar surface area (TPSA) is 109 Å². The van der Waals surface area contributed by atoms with Crippen LogP contribution in [0.2, 0.25) is 0 Å². The molecule has 0 unspecified atom stereocenters. The Bertz CT molecular complexity index is 1530. The van der Waals surface area contributed by atoms with Crippen molar-refractivity contribution in [2.24, 2.45) is 0 Å². The van der Waals surface area contributed by atoms with Crippen LogP contribution in [0.25, 0.3) is 11.3 Å². The second-order valence-corrected chi connectivity index (χ2v) is 9.70. The number of nitrogens with zero attached hydrogens (tertiary/aromatic N) is 3. The number of anilines is 2. The van der Waals surface area contributed by atoms with E-state index in [0.717, 1.165) is 16.2 Å². The first-order valence-electron chi connectivity index (χ1n) is 12.1. The summed E-state index contributed by atoms with van der Waals surface area (Å²) in [6, 6.07) is 23.0. The Morgan fingerprint density at radius 1 is 0.974 bits per heavy atom. The van der Waals surface area contributed by atoms with E-state index in [-0.39, 0.29) is 25.2 Å². The Labute approximate surface area is 228 Å². The number of thiazole rings is 1. The van der Waals surface area contributed by atoms with Crippen molar-refractivity contribution >= 4 is 46.2 Å². The molecule has 0 saturated heterocycles. The molecular formula is C29H24N4O5S. The molecule has 1 aliphatic rings. The fraction of sp³-hybridized carbons (Fsp3) is 0.138. The van der Waals surface area contributed by atoms with Crippen molar-refractivity contribution in [3.8, 4) is 17.0 Å². The molecular weight excluding hydrogens is 516 g/mol. The van der Waals surface area contributed by atoms with Crippen LogP contribution >= 0.6 is 11.3 Å². The third-order valence-electron chi connectivity index (χ3n) is 6.18. The number of hydrogen-bond acceptors (Lipinski definition) is 7. The number of methoxy groups -OCH3 is 1. The Hall–Kier alpha value is -4.83. The number of carbonyl (C=O) groups is 4. The number of benzene rings is 3. The van der Waals surface area contributed by atoms with Gasteiger partial charge in [0.1, 0.15) is 23.8 Å². The molecule has 0 atom stereocenters. The van der Waals surface area contributed by atoms with E-state index in [4.69, 9.17) is 4.74 Å². The predicted molar refractivity (Wildman–Crippen MR) is 148 cm³/mol. The van der Waals surface area contributed by atoms with Crippen molar-refractivity contribution in [2.75, 3.05) is 30.4 Å². The maximum atomic E-state index is 13.5. The number of nitrogens with one attached hydrogen (secondary N) is 1. The van der Waals surface area contributed by atoms with Gasteiger partial charge in [0.25, 0.3) is 11.7 Å². The highest BCUT2D eigenvalue weighted by atomic mass is 32.1. The van der Waals surface area contributed by atoms with Crippen molar-refractivity contribution in [3.63, 3.8) is 0 Å². The van der Waals surface area contributed by atoms with Crippen molar-refractivity contribution in [1.29, 1.82) is 0 Å². The van der Waals surface area contributed by atoms with Gasteiger partial charge in [-0.2, -0.15) is 0 Å². The molecule has 4 aromatic rings. The largest absolute Gasteiger partial charge is 0.497 e. The number of carbonyl (C=O) groups excluding carboxylic acids is 4. The quantitative estimate of drug-likeness (QED) is 0.321. The van der Waals surface area contributed by atoms with Crippen LogP contribution in [0.4, 0.5) is 11.4 Å². The molecule has 0 fully saturated rings. The number of hydrogen-bond donors (Lipinski definition) is 1. The first-order valence-corrected chi connectivity index (χ1v) is 13.0. The maximum Gasteiger partial charge on any atom is 0.299 e. The highest BCUT2D eigenvalue weighted by molar-refractivity contribution is 7.09. The minimum atomic E-state index is -0.771. The summed E-state index contributed by atoms with van der Waals surface area (Å²) in [6.07, 6.45) is 0. The Balaban J connectivity index is 1.35. The van der Waals surface area contributed by atoms with Gasteiger partial charge in [0.2, 0.25) is 11.8 Å². The van der Waals surface area contributed by atoms with E-state index in [2.05, 4.69) is 10.3 Å². The second kappa shape index (κ2) is 11.3. The normalized spacial score (nSPS) is 12.3. The average molecular weight is 541 g/mol. The smallest absolute Gasteiger partial charge is 0.299 e. The molecule has 0 bridgehead atoms. The summed E-state index contributed by atoms with van der Waals surface area (Å²) in [5.74, 6) is -1.69. The molecule has 3 aromatic carbocycles. The molecule has 5 rings (SSSR count). The van der Waals surface area contributed by atoms with Crippen molar-refractivity contribution < 1.29 is 23.9 Å². The van der Waals surface area contributed by atoms with Gasteiger partial charge in [0.15, 0.2) is 0 Å². The van der Waals surface area contributed by atoms with E-state index in [1.807, 2.05) is 35.7 Å². The average Bonchev–Trinajstić information content (AvgIpc) is 3.52. The van der Waals surface area contributed by atoms with E-state index < -0.39 is 23.5 Å². The lowest BCUT2D eigenvalue weighted by molar-refractivity contribution is -0.134. The number of rotatable bonds is 9. The Morgan fingerprint density at radius 2 is 1.69 bits per heavy atom. The molecule has 10 heteroatoms. The fourth-order valence-corrected chi connectivity index (χ4v) is 5.03. The van der Waals surface area contributed by atoms with Gasteiger partial charge < -0.3 is 15.0 Å². The van der Waals surface area contributed by atoms with Crippen molar-refractivity contribution in [2.45, 2.75) is 6.54 Å². The van der Waals surface area contributed by atoms with Crippen LogP contribution in [0.15, 0.2) is 84.2 Å². The highest BCUT2D eigenvalue weighted by Gasteiger charge is 2.37. The molecule has 1 N–H and O–H groups in total. The minimum Gasteiger partial charge on any atom is -0.497 e. The summed E-state index contributed by atoms with van der Waals surface area (Å²) in [5.41, 5.74) is 2.88. The SMILES string of the molecule is COc1ccc(NC(=O)CN(Cc2nc(-c3ccccc3)cs2)C(=O)CN2C(=O)C(=O)c3ccccc32)cc1. The highest BCUT2D eigenvalue weighted by Crippen LogP contribution is 2.29. The van der Waals surface area contributed by atoms with E-state index in [1.54, 1.807) is 55.6 Å². The van der Waals surface area contributed by atoms with E-state index in [1.165, 1.54) is 16.2 Å². The van der Waals surface area contributed by atoms with E-state index >= 15 is 0 Å². The van der Waals surface area contributed by atoms with Crippen LogP contribution in [0.1, 0.15) is 15.4 Å². The van der Waals surface area contributed by atoms with Gasteiger partial charge in [-0.05, 0) is 36.4 Å². The zero-order valence-electron chi connectivity index (χ0n) is 21.0. The lowest BCUT2D eigenvalue weighted by atomic mass is 10.1. The third kappa shape index (κ3) is 5.70. The number of fused-ring (bicyclic) bond motifs is 1. The first kappa shape index (κ1) is 25.8. The molecule has 0 saturated carbocycles. The first-order chi connectivity index (χ1) is 18.9. The van der Waals surface area contributed by atoms with Gasteiger partial charge in [0.05, 0.1) is 30.6 Å². The predicted octanol–water partition coefficient (Wildman–Crippen LogP) is 4.02. The van der Waals surface area contributed by atoms with E-state index in [0.29, 0.717) is 22.1 Å². The van der Waals surface area contributed by atoms with E-state index in [9.17, 15) is 19.2 Å². The summed E-state index contributed by atoms with van der Waals surface area (Å²) < 4.78 is 5.15. The summed E-state index contributed by atoms with van der Waals surface area (Å²) >= 11 is 1.37. The monoisotopic (exact) mass is 540 g/mol. The van der Waals surface area contributed by atoms with Gasteiger partial charge >= 0.3 is 0 Å². The van der Waals surface area contributed by atoms with Crippen LogP contribution < -0.4 is 15.0 Å². The van der Waals surface area contributed by atoms with Gasteiger partial charge in [0, 0.05) is 16.6 Å². The van der Waals surface area contributed by atoms with Crippen LogP contribution in [-0.2, 0) is 20.9 Å². The second-order valence-electron chi connectivity index (χ2n) is 8.76. The Morgan fingerprint density at radius 3 is 2.44 bits per heavy atom. The lowest BCUT2D eigenvalue weighted by Crippen LogP contribution is -2.45. The molecule has 0 radical (unpaired) electrons.